The number of aryl methyl sites for hydroxylation is 2. The molecule has 2 amide bonds. The van der Waals surface area contributed by atoms with Crippen LogP contribution in [0.5, 0.6) is 0 Å². The first kappa shape index (κ1) is 22.0. The first-order valence-corrected chi connectivity index (χ1v) is 10.1. The molecule has 2 aromatic rings. The fraction of sp³-hybridized carbons (Fsp3) is 0.391. The number of nitrogens with zero attached hydrogens (tertiary/aromatic N) is 1. The van der Waals surface area contributed by atoms with Gasteiger partial charge in [0.25, 0.3) is 0 Å². The Morgan fingerprint density at radius 2 is 1.68 bits per heavy atom. The van der Waals surface area contributed by atoms with Gasteiger partial charge in [0.2, 0.25) is 11.8 Å². The third kappa shape index (κ3) is 6.10. The van der Waals surface area contributed by atoms with Crippen LogP contribution in [-0.2, 0) is 22.6 Å². The number of nitrogens with one attached hydrogen (secondary N) is 1. The molecule has 0 radical (unpaired) electrons. The van der Waals surface area contributed by atoms with Crippen molar-refractivity contribution < 1.29 is 9.59 Å². The topological polar surface area (TPSA) is 49.4 Å². The summed E-state index contributed by atoms with van der Waals surface area (Å²) in [7, 11) is 0. The summed E-state index contributed by atoms with van der Waals surface area (Å²) < 4.78 is 0. The second kappa shape index (κ2) is 10.3. The first-order chi connectivity index (χ1) is 13.3. The van der Waals surface area contributed by atoms with E-state index in [1.54, 1.807) is 24.0 Å². The molecule has 0 unspecified atom stereocenters. The predicted octanol–water partition coefficient (Wildman–Crippen LogP) is 4.44. The third-order valence-corrected chi connectivity index (χ3v) is 5.16. The maximum Gasteiger partial charge on any atom is 0.242 e. The molecule has 0 heterocycles. The third-order valence-electron chi connectivity index (χ3n) is 4.91. The molecule has 5 heteroatoms. The second-order valence-corrected chi connectivity index (χ2v) is 7.65. The van der Waals surface area contributed by atoms with E-state index in [0.29, 0.717) is 18.1 Å². The molecule has 150 valence electrons. The van der Waals surface area contributed by atoms with Gasteiger partial charge >= 0.3 is 0 Å². The Balaban J connectivity index is 2.21. The summed E-state index contributed by atoms with van der Waals surface area (Å²) in [6, 6.07) is 12.8. The average molecular weight is 401 g/mol. The zero-order valence-corrected chi connectivity index (χ0v) is 17.8. The molecule has 0 spiro atoms. The quantitative estimate of drug-likeness (QED) is 0.711. The van der Waals surface area contributed by atoms with Gasteiger partial charge in [0.05, 0.1) is 6.42 Å². The summed E-state index contributed by atoms with van der Waals surface area (Å²) in [5.74, 6) is -0.207. The number of halogens is 1. The standard InChI is InChI=1S/C23H29ClN2O2/c1-5-12-25-23(28)18(4)26(15-19-8-10-21(24)11-9-19)22(27)14-20-7-6-16(2)17(3)13-20/h6-11,13,18H,5,12,14-15H2,1-4H3,(H,25,28)/t18-/m1/s1. The van der Waals surface area contributed by atoms with Crippen LogP contribution >= 0.6 is 11.6 Å². The molecule has 1 atom stereocenters. The van der Waals surface area contributed by atoms with Crippen LogP contribution in [-0.4, -0.2) is 29.3 Å². The summed E-state index contributed by atoms with van der Waals surface area (Å²) in [6.45, 7) is 8.83. The Labute approximate surface area is 172 Å². The number of hydrogen-bond donors (Lipinski definition) is 1. The lowest BCUT2D eigenvalue weighted by Gasteiger charge is -2.29. The summed E-state index contributed by atoms with van der Waals surface area (Å²) in [5.41, 5.74) is 4.24. The van der Waals surface area contributed by atoms with Crippen LogP contribution in [0, 0.1) is 13.8 Å². The van der Waals surface area contributed by atoms with Gasteiger partial charge in [-0.15, -0.1) is 0 Å². The highest BCUT2D eigenvalue weighted by Crippen LogP contribution is 2.16. The monoisotopic (exact) mass is 400 g/mol. The smallest absolute Gasteiger partial charge is 0.242 e. The Hall–Kier alpha value is -2.33. The maximum atomic E-state index is 13.1. The van der Waals surface area contributed by atoms with Crippen molar-refractivity contribution in [3.8, 4) is 0 Å². The Kier molecular flexibility index (Phi) is 8.06. The van der Waals surface area contributed by atoms with Crippen LogP contribution in [0.25, 0.3) is 0 Å². The molecule has 0 aliphatic heterocycles. The first-order valence-electron chi connectivity index (χ1n) is 9.69. The molecule has 0 fully saturated rings. The lowest BCUT2D eigenvalue weighted by Crippen LogP contribution is -2.48. The molecule has 2 aromatic carbocycles. The van der Waals surface area contributed by atoms with Crippen molar-refractivity contribution in [1.29, 1.82) is 0 Å². The van der Waals surface area contributed by atoms with Gasteiger partial charge in [-0.25, -0.2) is 0 Å². The van der Waals surface area contributed by atoms with E-state index < -0.39 is 6.04 Å². The van der Waals surface area contributed by atoms with Crippen molar-refractivity contribution in [1.82, 2.24) is 10.2 Å². The lowest BCUT2D eigenvalue weighted by molar-refractivity contribution is -0.140. The van der Waals surface area contributed by atoms with Gasteiger partial charge in [-0.3, -0.25) is 9.59 Å². The largest absolute Gasteiger partial charge is 0.354 e. The number of carbonyl (C=O) groups excluding carboxylic acids is 2. The molecular formula is C23H29ClN2O2. The van der Waals surface area contributed by atoms with Crippen molar-refractivity contribution in [3.63, 3.8) is 0 Å². The minimum atomic E-state index is -0.554. The highest BCUT2D eigenvalue weighted by Gasteiger charge is 2.26. The molecular weight excluding hydrogens is 372 g/mol. The molecule has 4 nitrogen and oxygen atoms in total. The van der Waals surface area contributed by atoms with Gasteiger partial charge in [0.1, 0.15) is 6.04 Å². The van der Waals surface area contributed by atoms with Gasteiger partial charge in [0.15, 0.2) is 0 Å². The van der Waals surface area contributed by atoms with Gasteiger partial charge in [-0.05, 0) is 61.6 Å². The number of benzene rings is 2. The molecule has 0 saturated carbocycles. The van der Waals surface area contributed by atoms with Crippen LogP contribution in [0.2, 0.25) is 5.02 Å². The van der Waals surface area contributed by atoms with Crippen molar-refractivity contribution >= 4 is 23.4 Å². The van der Waals surface area contributed by atoms with E-state index in [-0.39, 0.29) is 18.2 Å². The van der Waals surface area contributed by atoms with Gasteiger partial charge in [-0.1, -0.05) is 48.9 Å². The highest BCUT2D eigenvalue weighted by molar-refractivity contribution is 6.30. The average Bonchev–Trinajstić information content (AvgIpc) is 2.67. The minimum Gasteiger partial charge on any atom is -0.354 e. The summed E-state index contributed by atoms with van der Waals surface area (Å²) in [6.07, 6.45) is 1.12. The van der Waals surface area contributed by atoms with E-state index in [4.69, 9.17) is 11.6 Å². The number of rotatable bonds is 8. The number of carbonyl (C=O) groups is 2. The van der Waals surface area contributed by atoms with Crippen molar-refractivity contribution in [2.45, 2.75) is 53.1 Å². The molecule has 28 heavy (non-hydrogen) atoms. The van der Waals surface area contributed by atoms with Gasteiger partial charge in [-0.2, -0.15) is 0 Å². The van der Waals surface area contributed by atoms with E-state index in [1.807, 2.05) is 51.1 Å². The summed E-state index contributed by atoms with van der Waals surface area (Å²) in [5, 5.41) is 3.53. The fourth-order valence-electron chi connectivity index (χ4n) is 2.95. The normalized spacial score (nSPS) is 11.8. The molecule has 0 bridgehead atoms. The maximum absolute atomic E-state index is 13.1. The molecule has 0 aliphatic carbocycles. The Morgan fingerprint density at radius 1 is 1.04 bits per heavy atom. The van der Waals surface area contributed by atoms with Crippen LogP contribution in [0.4, 0.5) is 0 Å². The Bertz CT molecular complexity index is 818. The van der Waals surface area contributed by atoms with Crippen LogP contribution in [0.15, 0.2) is 42.5 Å². The van der Waals surface area contributed by atoms with E-state index in [0.717, 1.165) is 23.1 Å². The fourth-order valence-corrected chi connectivity index (χ4v) is 3.08. The Morgan fingerprint density at radius 3 is 2.29 bits per heavy atom. The molecule has 0 saturated heterocycles. The van der Waals surface area contributed by atoms with Gasteiger partial charge in [0, 0.05) is 18.1 Å². The van der Waals surface area contributed by atoms with Crippen molar-refractivity contribution in [3.05, 3.63) is 69.7 Å². The molecule has 2 rings (SSSR count). The van der Waals surface area contributed by atoms with Gasteiger partial charge < -0.3 is 10.2 Å². The van der Waals surface area contributed by atoms with Crippen LogP contribution < -0.4 is 5.32 Å². The number of amides is 2. The van der Waals surface area contributed by atoms with E-state index in [2.05, 4.69) is 5.32 Å². The molecule has 1 N–H and O–H groups in total. The summed E-state index contributed by atoms with van der Waals surface area (Å²) in [4.78, 5) is 27.3. The van der Waals surface area contributed by atoms with Crippen LogP contribution in [0.1, 0.15) is 42.5 Å². The van der Waals surface area contributed by atoms with E-state index in [9.17, 15) is 9.59 Å². The highest BCUT2D eigenvalue weighted by atomic mass is 35.5. The minimum absolute atomic E-state index is 0.0719. The zero-order valence-electron chi connectivity index (χ0n) is 17.1. The second-order valence-electron chi connectivity index (χ2n) is 7.21. The summed E-state index contributed by atoms with van der Waals surface area (Å²) >= 11 is 5.97. The lowest BCUT2D eigenvalue weighted by atomic mass is 10.0. The van der Waals surface area contributed by atoms with E-state index >= 15 is 0 Å². The molecule has 0 aromatic heterocycles. The zero-order chi connectivity index (χ0) is 20.7. The molecule has 0 aliphatic rings. The van der Waals surface area contributed by atoms with Crippen molar-refractivity contribution in [2.75, 3.05) is 6.54 Å². The van der Waals surface area contributed by atoms with Crippen LogP contribution in [0.3, 0.4) is 0 Å². The SMILES string of the molecule is CCCNC(=O)[C@@H](C)N(Cc1ccc(Cl)cc1)C(=O)Cc1ccc(C)c(C)c1. The van der Waals surface area contributed by atoms with Crippen molar-refractivity contribution in [2.24, 2.45) is 0 Å². The van der Waals surface area contributed by atoms with E-state index in [1.165, 1.54) is 5.56 Å². The number of hydrogen-bond acceptors (Lipinski definition) is 2. The predicted molar refractivity (Wildman–Crippen MR) is 114 cm³/mol.